The summed E-state index contributed by atoms with van der Waals surface area (Å²) in [5, 5.41) is 2.82. The number of fused-ring (bicyclic) bond motifs is 2. The third-order valence-electron chi connectivity index (χ3n) is 3.92. The number of amidine groups is 1. The Morgan fingerprint density at radius 3 is 2.58 bits per heavy atom. The molecule has 0 saturated carbocycles. The summed E-state index contributed by atoms with van der Waals surface area (Å²) in [6.45, 7) is 7.36. The number of nitrogens with zero attached hydrogens (tertiary/aromatic N) is 2. The average molecular weight is 323 g/mol. The number of hydrogen-bond acceptors (Lipinski definition) is 4. The summed E-state index contributed by atoms with van der Waals surface area (Å²) in [7, 11) is 0. The average Bonchev–Trinajstić information content (AvgIpc) is 2.72. The number of aliphatic imine (C=N–C) groups is 1. The number of amides is 1. The molecular formula is C19H21N3O2. The van der Waals surface area contributed by atoms with Crippen molar-refractivity contribution in [3.8, 4) is 11.5 Å². The summed E-state index contributed by atoms with van der Waals surface area (Å²) in [5.41, 5.74) is 2.41. The molecule has 1 amide bonds. The highest BCUT2D eigenvalue weighted by Crippen LogP contribution is 2.38. The monoisotopic (exact) mass is 323 g/mol. The first-order valence-corrected chi connectivity index (χ1v) is 8.15. The first-order valence-electron chi connectivity index (χ1n) is 8.15. The molecule has 0 aliphatic carbocycles. The molecule has 0 unspecified atom stereocenters. The van der Waals surface area contributed by atoms with Crippen LogP contribution in [0.1, 0.15) is 26.3 Å². The minimum Gasteiger partial charge on any atom is -0.454 e. The fraction of sp³-hybridized carbons (Fsp3) is 0.263. The van der Waals surface area contributed by atoms with E-state index in [1.807, 2.05) is 42.5 Å². The lowest BCUT2D eigenvalue weighted by Gasteiger charge is -2.23. The van der Waals surface area contributed by atoms with E-state index in [4.69, 9.17) is 9.73 Å². The van der Waals surface area contributed by atoms with Gasteiger partial charge in [0.25, 0.3) is 0 Å². The number of benzene rings is 2. The minimum atomic E-state index is -0.103. The van der Waals surface area contributed by atoms with Crippen LogP contribution >= 0.6 is 0 Å². The van der Waals surface area contributed by atoms with Gasteiger partial charge >= 0.3 is 0 Å². The van der Waals surface area contributed by atoms with E-state index in [1.165, 1.54) is 6.92 Å². The summed E-state index contributed by atoms with van der Waals surface area (Å²) in [5.74, 6) is 2.22. The Balaban J connectivity index is 2.17. The van der Waals surface area contributed by atoms with Crippen LogP contribution in [0.4, 0.5) is 11.4 Å². The third kappa shape index (κ3) is 3.11. The van der Waals surface area contributed by atoms with E-state index in [0.29, 0.717) is 0 Å². The second kappa shape index (κ2) is 6.74. The van der Waals surface area contributed by atoms with E-state index in [9.17, 15) is 4.79 Å². The van der Waals surface area contributed by atoms with Crippen LogP contribution in [0, 0.1) is 0 Å². The number of nitrogens with one attached hydrogen (secondary N) is 1. The van der Waals surface area contributed by atoms with E-state index in [1.54, 1.807) is 0 Å². The predicted octanol–water partition coefficient (Wildman–Crippen LogP) is 4.17. The Hall–Kier alpha value is -2.82. The zero-order chi connectivity index (χ0) is 17.1. The van der Waals surface area contributed by atoms with E-state index in [0.717, 1.165) is 47.4 Å². The van der Waals surface area contributed by atoms with Gasteiger partial charge in [-0.1, -0.05) is 12.1 Å². The summed E-state index contributed by atoms with van der Waals surface area (Å²) in [4.78, 5) is 18.4. The van der Waals surface area contributed by atoms with Gasteiger partial charge in [-0.15, -0.1) is 0 Å². The van der Waals surface area contributed by atoms with Gasteiger partial charge < -0.3 is 15.0 Å². The molecule has 0 saturated heterocycles. The maximum absolute atomic E-state index is 11.4. The highest BCUT2D eigenvalue weighted by Gasteiger charge is 2.22. The standard InChI is InChI=1S/C19H21N3O2/c1-4-22(5-2)19-15-12-14(20-13(3)23)10-11-17(15)24-18-9-7-6-8-16(18)21-19/h6-12H,4-5H2,1-3H3,(H,20,23). The summed E-state index contributed by atoms with van der Waals surface area (Å²) in [6.07, 6.45) is 0. The zero-order valence-electron chi connectivity index (χ0n) is 14.2. The van der Waals surface area contributed by atoms with Crippen molar-refractivity contribution in [2.75, 3.05) is 18.4 Å². The van der Waals surface area contributed by atoms with Crippen LogP contribution in [0.15, 0.2) is 47.5 Å². The quantitative estimate of drug-likeness (QED) is 0.922. The number of carbonyl (C=O) groups is 1. The van der Waals surface area contributed by atoms with Gasteiger partial charge in [0.15, 0.2) is 5.75 Å². The van der Waals surface area contributed by atoms with Gasteiger partial charge in [0.1, 0.15) is 17.3 Å². The van der Waals surface area contributed by atoms with Crippen molar-refractivity contribution >= 4 is 23.1 Å². The Labute approximate surface area is 142 Å². The molecule has 0 fully saturated rings. The first-order chi connectivity index (χ1) is 11.6. The van der Waals surface area contributed by atoms with Crippen LogP contribution in [-0.4, -0.2) is 29.7 Å². The van der Waals surface area contributed by atoms with Crippen LogP contribution in [0.2, 0.25) is 0 Å². The second-order valence-corrected chi connectivity index (χ2v) is 5.57. The summed E-state index contributed by atoms with van der Waals surface area (Å²) >= 11 is 0. The van der Waals surface area contributed by atoms with E-state index < -0.39 is 0 Å². The fourth-order valence-corrected chi connectivity index (χ4v) is 2.77. The highest BCUT2D eigenvalue weighted by atomic mass is 16.5. The maximum Gasteiger partial charge on any atom is 0.221 e. The molecular weight excluding hydrogens is 302 g/mol. The first kappa shape index (κ1) is 16.1. The van der Waals surface area contributed by atoms with Gasteiger partial charge in [-0.2, -0.15) is 0 Å². The molecule has 24 heavy (non-hydrogen) atoms. The van der Waals surface area contributed by atoms with Crippen LogP contribution < -0.4 is 10.1 Å². The Bertz CT molecular complexity index is 795. The number of ether oxygens (including phenoxy) is 1. The molecule has 0 bridgehead atoms. The van der Waals surface area contributed by atoms with Crippen molar-refractivity contribution in [1.29, 1.82) is 0 Å². The fourth-order valence-electron chi connectivity index (χ4n) is 2.77. The minimum absolute atomic E-state index is 0.103. The smallest absolute Gasteiger partial charge is 0.221 e. The molecule has 2 aromatic carbocycles. The molecule has 124 valence electrons. The summed E-state index contributed by atoms with van der Waals surface area (Å²) in [6, 6.07) is 13.4. The molecule has 2 aromatic rings. The molecule has 0 radical (unpaired) electrons. The van der Waals surface area contributed by atoms with Crippen molar-refractivity contribution in [2.45, 2.75) is 20.8 Å². The largest absolute Gasteiger partial charge is 0.454 e. The number of hydrogen-bond donors (Lipinski definition) is 1. The summed E-state index contributed by atoms with van der Waals surface area (Å²) < 4.78 is 6.08. The maximum atomic E-state index is 11.4. The molecule has 1 aliphatic rings. The van der Waals surface area contributed by atoms with Gasteiger partial charge in [-0.25, -0.2) is 4.99 Å². The van der Waals surface area contributed by atoms with Crippen molar-refractivity contribution in [3.05, 3.63) is 48.0 Å². The predicted molar refractivity (Wildman–Crippen MR) is 96.4 cm³/mol. The normalized spacial score (nSPS) is 12.2. The molecule has 3 rings (SSSR count). The number of anilines is 1. The van der Waals surface area contributed by atoms with Crippen LogP contribution in [-0.2, 0) is 4.79 Å². The number of para-hydroxylation sites is 2. The molecule has 1 N–H and O–H groups in total. The third-order valence-corrected chi connectivity index (χ3v) is 3.92. The SMILES string of the molecule is CCN(CC)C1=Nc2ccccc2Oc2ccc(NC(C)=O)cc21. The topological polar surface area (TPSA) is 53.9 Å². The molecule has 0 spiro atoms. The van der Waals surface area contributed by atoms with Crippen molar-refractivity contribution < 1.29 is 9.53 Å². The van der Waals surface area contributed by atoms with E-state index in [-0.39, 0.29) is 5.91 Å². The van der Waals surface area contributed by atoms with Crippen LogP contribution in [0.5, 0.6) is 11.5 Å². The molecule has 1 aliphatic heterocycles. The Morgan fingerprint density at radius 1 is 1.12 bits per heavy atom. The van der Waals surface area contributed by atoms with Crippen molar-refractivity contribution in [1.82, 2.24) is 4.90 Å². The molecule has 5 nitrogen and oxygen atoms in total. The van der Waals surface area contributed by atoms with Crippen LogP contribution in [0.3, 0.4) is 0 Å². The van der Waals surface area contributed by atoms with E-state index in [2.05, 4.69) is 24.1 Å². The molecule has 1 heterocycles. The number of carbonyl (C=O) groups excluding carboxylic acids is 1. The second-order valence-electron chi connectivity index (χ2n) is 5.57. The highest BCUT2D eigenvalue weighted by molar-refractivity contribution is 6.05. The molecule has 0 atom stereocenters. The lowest BCUT2D eigenvalue weighted by atomic mass is 10.1. The Kier molecular flexibility index (Phi) is 4.51. The zero-order valence-corrected chi connectivity index (χ0v) is 14.2. The lowest BCUT2D eigenvalue weighted by molar-refractivity contribution is -0.114. The molecule has 5 heteroatoms. The van der Waals surface area contributed by atoms with Gasteiger partial charge in [0.2, 0.25) is 5.91 Å². The Morgan fingerprint density at radius 2 is 1.88 bits per heavy atom. The van der Waals surface area contributed by atoms with Crippen molar-refractivity contribution in [3.63, 3.8) is 0 Å². The molecule has 0 aromatic heterocycles. The van der Waals surface area contributed by atoms with Gasteiger partial charge in [-0.3, -0.25) is 4.79 Å². The van der Waals surface area contributed by atoms with Gasteiger partial charge in [-0.05, 0) is 44.2 Å². The number of rotatable bonds is 3. The van der Waals surface area contributed by atoms with Gasteiger partial charge in [0.05, 0.1) is 5.56 Å². The van der Waals surface area contributed by atoms with Crippen molar-refractivity contribution in [2.24, 2.45) is 4.99 Å². The lowest BCUT2D eigenvalue weighted by Crippen LogP contribution is -2.31. The van der Waals surface area contributed by atoms with Crippen LogP contribution in [0.25, 0.3) is 0 Å². The van der Waals surface area contributed by atoms with E-state index >= 15 is 0 Å². The van der Waals surface area contributed by atoms with Gasteiger partial charge in [0, 0.05) is 25.7 Å².